The molecule has 6 bridgehead atoms. The summed E-state index contributed by atoms with van der Waals surface area (Å²) in [6.07, 6.45) is 11.9. The van der Waals surface area contributed by atoms with E-state index >= 15 is 0 Å². The van der Waals surface area contributed by atoms with Gasteiger partial charge in [-0.2, -0.15) is 0 Å². The lowest BCUT2D eigenvalue weighted by Crippen LogP contribution is -2.58. The number of fused-ring (bicyclic) bond motifs is 3. The summed E-state index contributed by atoms with van der Waals surface area (Å²) in [5.74, 6) is 3.99. The Kier molecular flexibility index (Phi) is 3.12. The zero-order chi connectivity index (χ0) is 14.7. The first-order valence-corrected chi connectivity index (χ1v) is 9.69. The van der Waals surface area contributed by atoms with Crippen LogP contribution in [0.25, 0.3) is 0 Å². The van der Waals surface area contributed by atoms with Crippen LogP contribution in [0, 0.1) is 29.1 Å². The average Bonchev–Trinajstić information content (AvgIpc) is 2.46. The Morgan fingerprint density at radius 2 is 1.59 bits per heavy atom. The van der Waals surface area contributed by atoms with Crippen LogP contribution in [0.5, 0.6) is 0 Å². The van der Waals surface area contributed by atoms with Gasteiger partial charge in [0.25, 0.3) is 0 Å². The maximum atomic E-state index is 12.7. The van der Waals surface area contributed by atoms with Crippen molar-refractivity contribution >= 4 is 5.91 Å². The molecule has 1 amide bonds. The molecule has 7 rings (SSSR count). The number of hydrogen-bond acceptors (Lipinski definition) is 2. The second-order valence-corrected chi connectivity index (χ2v) is 9.41. The monoisotopic (exact) mass is 302 g/mol. The van der Waals surface area contributed by atoms with Crippen molar-refractivity contribution in [1.82, 2.24) is 10.2 Å². The first-order valence-electron chi connectivity index (χ1n) is 9.69. The van der Waals surface area contributed by atoms with Crippen LogP contribution < -0.4 is 5.32 Å². The fourth-order valence-electron chi connectivity index (χ4n) is 7.23. The summed E-state index contributed by atoms with van der Waals surface area (Å²) in [4.78, 5) is 15.3. The van der Waals surface area contributed by atoms with Gasteiger partial charge in [-0.1, -0.05) is 0 Å². The molecule has 22 heavy (non-hydrogen) atoms. The first-order chi connectivity index (χ1) is 10.7. The fraction of sp³-hybridized carbons (Fsp3) is 0.947. The number of nitrogens with one attached hydrogen (secondary N) is 1. The van der Waals surface area contributed by atoms with E-state index in [1.165, 1.54) is 64.5 Å². The molecule has 0 aromatic carbocycles. The molecule has 1 N–H and O–H groups in total. The van der Waals surface area contributed by atoms with Crippen LogP contribution in [0.4, 0.5) is 0 Å². The highest BCUT2D eigenvalue weighted by Crippen LogP contribution is 2.61. The predicted octanol–water partition coefficient (Wildman–Crippen LogP) is 2.80. The normalized spacial score (nSPS) is 52.0. The van der Waals surface area contributed by atoms with Crippen molar-refractivity contribution in [2.45, 2.75) is 63.8 Å². The maximum absolute atomic E-state index is 12.7. The Hall–Kier alpha value is -0.570. The Balaban J connectivity index is 1.23. The van der Waals surface area contributed by atoms with Crippen molar-refractivity contribution in [3.05, 3.63) is 0 Å². The number of rotatable bonds is 3. The highest BCUT2D eigenvalue weighted by Gasteiger charge is 2.51. The van der Waals surface area contributed by atoms with Gasteiger partial charge in [0.15, 0.2) is 0 Å². The van der Waals surface area contributed by atoms with Gasteiger partial charge < -0.3 is 10.2 Å². The largest absolute Gasteiger partial charge is 0.352 e. The van der Waals surface area contributed by atoms with Crippen molar-refractivity contribution in [3.8, 4) is 0 Å². The van der Waals surface area contributed by atoms with Gasteiger partial charge in [0, 0.05) is 19.0 Å². The van der Waals surface area contributed by atoms with E-state index in [1.54, 1.807) is 0 Å². The molecule has 3 heteroatoms. The van der Waals surface area contributed by atoms with E-state index in [2.05, 4.69) is 10.2 Å². The van der Waals surface area contributed by atoms with Crippen LogP contribution in [0.1, 0.15) is 57.8 Å². The van der Waals surface area contributed by atoms with E-state index in [-0.39, 0.29) is 0 Å². The molecule has 0 aromatic rings. The molecule has 7 aliphatic rings. The van der Waals surface area contributed by atoms with Crippen LogP contribution in [-0.2, 0) is 4.79 Å². The summed E-state index contributed by atoms with van der Waals surface area (Å²) in [6, 6.07) is 0.448. The van der Waals surface area contributed by atoms with Gasteiger partial charge in [0.05, 0.1) is 0 Å². The highest BCUT2D eigenvalue weighted by atomic mass is 16.1. The third-order valence-corrected chi connectivity index (χ3v) is 7.70. The van der Waals surface area contributed by atoms with Gasteiger partial charge in [-0.25, -0.2) is 0 Å². The third kappa shape index (κ3) is 2.31. The molecule has 0 aromatic heterocycles. The zero-order valence-electron chi connectivity index (χ0n) is 13.7. The standard InChI is InChI=1S/C19H30N2O/c22-18(20-17-12-21-3-1-16(17)2-4-21)11-19-8-13-5-14(9-19)7-15(6-13)10-19/h13-17H,1-12H2,(H,20,22)/t13?,14?,15?,17-,19?/m1/s1. The van der Waals surface area contributed by atoms with Crippen LogP contribution in [0.2, 0.25) is 0 Å². The minimum absolute atomic E-state index is 0.376. The topological polar surface area (TPSA) is 32.3 Å². The lowest BCUT2D eigenvalue weighted by atomic mass is 9.49. The lowest BCUT2D eigenvalue weighted by Gasteiger charge is -2.56. The lowest BCUT2D eigenvalue weighted by molar-refractivity contribution is -0.131. The van der Waals surface area contributed by atoms with Crippen molar-refractivity contribution in [2.24, 2.45) is 29.1 Å². The molecule has 122 valence electrons. The van der Waals surface area contributed by atoms with E-state index < -0.39 is 0 Å². The Morgan fingerprint density at radius 1 is 1.00 bits per heavy atom. The summed E-state index contributed by atoms with van der Waals surface area (Å²) >= 11 is 0. The third-order valence-electron chi connectivity index (χ3n) is 7.70. The molecule has 4 saturated carbocycles. The molecule has 1 atom stereocenters. The van der Waals surface area contributed by atoms with Gasteiger partial charge in [-0.15, -0.1) is 0 Å². The molecular formula is C19H30N2O. The van der Waals surface area contributed by atoms with E-state index in [1.807, 2.05) is 0 Å². The molecule has 0 radical (unpaired) electrons. The van der Waals surface area contributed by atoms with Gasteiger partial charge in [-0.05, 0) is 93.5 Å². The first kappa shape index (κ1) is 13.8. The average molecular weight is 302 g/mol. The molecule has 3 heterocycles. The quantitative estimate of drug-likeness (QED) is 0.869. The number of hydrogen-bond donors (Lipinski definition) is 1. The minimum Gasteiger partial charge on any atom is -0.352 e. The number of amides is 1. The predicted molar refractivity (Wildman–Crippen MR) is 86.3 cm³/mol. The number of nitrogens with zero attached hydrogens (tertiary/aromatic N) is 1. The number of piperidine rings is 3. The van der Waals surface area contributed by atoms with Crippen molar-refractivity contribution in [2.75, 3.05) is 19.6 Å². The fourth-order valence-corrected chi connectivity index (χ4v) is 7.23. The maximum Gasteiger partial charge on any atom is 0.220 e. The van der Waals surface area contributed by atoms with Crippen molar-refractivity contribution < 1.29 is 4.79 Å². The summed E-state index contributed by atoms with van der Waals surface area (Å²) in [5, 5.41) is 3.44. The van der Waals surface area contributed by atoms with Crippen LogP contribution in [-0.4, -0.2) is 36.5 Å². The van der Waals surface area contributed by atoms with Crippen LogP contribution >= 0.6 is 0 Å². The second kappa shape index (κ2) is 4.96. The minimum atomic E-state index is 0.376. The van der Waals surface area contributed by atoms with E-state index in [9.17, 15) is 4.79 Å². The summed E-state index contributed by atoms with van der Waals surface area (Å²) in [5.41, 5.74) is 0.396. The highest BCUT2D eigenvalue weighted by molar-refractivity contribution is 5.77. The molecule has 7 fully saturated rings. The molecule has 3 saturated heterocycles. The van der Waals surface area contributed by atoms with Gasteiger partial charge in [0.1, 0.15) is 0 Å². The molecule has 3 nitrogen and oxygen atoms in total. The molecular weight excluding hydrogens is 272 g/mol. The van der Waals surface area contributed by atoms with Crippen LogP contribution in [0.15, 0.2) is 0 Å². The number of carbonyl (C=O) groups is 1. The Bertz CT molecular complexity index is 431. The second-order valence-electron chi connectivity index (χ2n) is 9.41. The Morgan fingerprint density at radius 3 is 2.09 bits per heavy atom. The smallest absolute Gasteiger partial charge is 0.220 e. The van der Waals surface area contributed by atoms with Gasteiger partial charge in [-0.3, -0.25) is 4.79 Å². The van der Waals surface area contributed by atoms with E-state index in [0.717, 1.165) is 36.6 Å². The molecule has 0 unspecified atom stereocenters. The summed E-state index contributed by atoms with van der Waals surface area (Å²) in [7, 11) is 0. The van der Waals surface area contributed by atoms with E-state index in [0.29, 0.717) is 17.4 Å². The summed E-state index contributed by atoms with van der Waals surface area (Å²) in [6.45, 7) is 3.62. The summed E-state index contributed by atoms with van der Waals surface area (Å²) < 4.78 is 0. The van der Waals surface area contributed by atoms with Gasteiger partial charge in [0.2, 0.25) is 5.91 Å². The van der Waals surface area contributed by atoms with Gasteiger partial charge >= 0.3 is 0 Å². The number of carbonyl (C=O) groups excluding carboxylic acids is 1. The molecule has 4 aliphatic carbocycles. The van der Waals surface area contributed by atoms with Crippen molar-refractivity contribution in [1.29, 1.82) is 0 Å². The van der Waals surface area contributed by atoms with Crippen LogP contribution in [0.3, 0.4) is 0 Å². The SMILES string of the molecule is O=C(CC12CC3CC(CC(C3)C1)C2)N[C@@H]1CN2CCC1CC2. The van der Waals surface area contributed by atoms with E-state index in [4.69, 9.17) is 0 Å². The molecule has 3 aliphatic heterocycles. The zero-order valence-corrected chi connectivity index (χ0v) is 13.7. The molecule has 0 spiro atoms. The van der Waals surface area contributed by atoms with Crippen molar-refractivity contribution in [3.63, 3.8) is 0 Å². The Labute approximate surface area is 134 Å².